The van der Waals surface area contributed by atoms with Crippen LogP contribution in [0.1, 0.15) is 59.8 Å². The van der Waals surface area contributed by atoms with Gasteiger partial charge in [0.05, 0.1) is 0 Å². The molecule has 0 fully saturated rings. The molecule has 1 heterocycles. The van der Waals surface area contributed by atoms with Gasteiger partial charge in [-0.05, 0) is 63.1 Å². The summed E-state index contributed by atoms with van der Waals surface area (Å²) in [5, 5.41) is 0. The standard InChI is InChI=1S/C23H29NO3S/c1-16-10-11-19-18(12-16)13-20(28-19)22(26)27-15-21(25)24(23(2,3)4)14-17-8-6-5-7-9-17/h5-9,13,16H,10-12,14-15H2,1-4H3/t16-/m0/s1. The molecule has 5 heteroatoms. The van der Waals surface area contributed by atoms with E-state index in [0.29, 0.717) is 17.3 Å². The molecule has 1 aromatic heterocycles. The molecule has 28 heavy (non-hydrogen) atoms. The van der Waals surface area contributed by atoms with Crippen LogP contribution in [0.25, 0.3) is 0 Å². The van der Waals surface area contributed by atoms with E-state index in [1.165, 1.54) is 28.2 Å². The fourth-order valence-corrected chi connectivity index (χ4v) is 4.65. The van der Waals surface area contributed by atoms with Crippen LogP contribution in [0.3, 0.4) is 0 Å². The Bertz CT molecular complexity index is 835. The third kappa shape index (κ3) is 5.02. The van der Waals surface area contributed by atoms with E-state index in [0.717, 1.165) is 18.4 Å². The second-order valence-corrected chi connectivity index (χ2v) is 9.76. The third-order valence-corrected chi connectivity index (χ3v) is 6.37. The quantitative estimate of drug-likeness (QED) is 0.675. The van der Waals surface area contributed by atoms with E-state index in [9.17, 15) is 9.59 Å². The summed E-state index contributed by atoms with van der Waals surface area (Å²) >= 11 is 1.51. The van der Waals surface area contributed by atoms with Crippen LogP contribution in [-0.4, -0.2) is 28.9 Å². The van der Waals surface area contributed by atoms with Gasteiger partial charge in [0.15, 0.2) is 6.61 Å². The van der Waals surface area contributed by atoms with Gasteiger partial charge in [0.2, 0.25) is 0 Å². The van der Waals surface area contributed by atoms with Crippen molar-refractivity contribution in [3.8, 4) is 0 Å². The lowest BCUT2D eigenvalue weighted by Gasteiger charge is -2.35. The number of hydrogen-bond acceptors (Lipinski definition) is 4. The normalized spacial score (nSPS) is 16.4. The van der Waals surface area contributed by atoms with Crippen LogP contribution in [0.15, 0.2) is 36.4 Å². The largest absolute Gasteiger partial charge is 0.451 e. The van der Waals surface area contributed by atoms with Crippen LogP contribution in [0.4, 0.5) is 0 Å². The average Bonchev–Trinajstić information content (AvgIpc) is 3.07. The fourth-order valence-electron chi connectivity index (χ4n) is 3.55. The highest BCUT2D eigenvalue weighted by Gasteiger charge is 2.28. The minimum atomic E-state index is -0.394. The number of amides is 1. The molecule has 0 unspecified atom stereocenters. The van der Waals surface area contributed by atoms with Crippen molar-refractivity contribution in [1.29, 1.82) is 0 Å². The van der Waals surface area contributed by atoms with Gasteiger partial charge < -0.3 is 9.64 Å². The van der Waals surface area contributed by atoms with Crippen LogP contribution in [-0.2, 0) is 28.9 Å². The van der Waals surface area contributed by atoms with E-state index in [1.807, 2.05) is 57.2 Å². The summed E-state index contributed by atoms with van der Waals surface area (Å²) in [7, 11) is 0. The van der Waals surface area contributed by atoms with Crippen LogP contribution < -0.4 is 0 Å². The molecule has 0 spiro atoms. The van der Waals surface area contributed by atoms with E-state index >= 15 is 0 Å². The Balaban J connectivity index is 1.63. The van der Waals surface area contributed by atoms with Gasteiger partial charge in [-0.1, -0.05) is 37.3 Å². The smallest absolute Gasteiger partial charge is 0.348 e. The second kappa shape index (κ2) is 8.48. The van der Waals surface area contributed by atoms with E-state index in [4.69, 9.17) is 4.74 Å². The van der Waals surface area contributed by atoms with Crippen molar-refractivity contribution in [3.05, 3.63) is 57.3 Å². The van der Waals surface area contributed by atoms with Crippen LogP contribution in [0, 0.1) is 5.92 Å². The van der Waals surface area contributed by atoms with E-state index in [1.54, 1.807) is 4.90 Å². The highest BCUT2D eigenvalue weighted by Crippen LogP contribution is 2.32. The summed E-state index contributed by atoms with van der Waals surface area (Å²) in [6, 6.07) is 11.8. The highest BCUT2D eigenvalue weighted by molar-refractivity contribution is 7.14. The lowest BCUT2D eigenvalue weighted by Crippen LogP contribution is -2.46. The maximum Gasteiger partial charge on any atom is 0.348 e. The van der Waals surface area contributed by atoms with E-state index < -0.39 is 5.97 Å². The molecule has 1 aliphatic rings. The molecule has 0 N–H and O–H groups in total. The van der Waals surface area contributed by atoms with Crippen LogP contribution >= 0.6 is 11.3 Å². The summed E-state index contributed by atoms with van der Waals surface area (Å²) in [6.07, 6.45) is 3.22. The highest BCUT2D eigenvalue weighted by atomic mass is 32.1. The monoisotopic (exact) mass is 399 g/mol. The van der Waals surface area contributed by atoms with Crippen molar-refractivity contribution >= 4 is 23.2 Å². The van der Waals surface area contributed by atoms with Crippen molar-refractivity contribution in [3.63, 3.8) is 0 Å². The van der Waals surface area contributed by atoms with Gasteiger partial charge in [-0.25, -0.2) is 4.79 Å². The zero-order valence-corrected chi connectivity index (χ0v) is 18.0. The molecule has 0 aliphatic heterocycles. The number of fused-ring (bicyclic) bond motifs is 1. The molecule has 0 saturated carbocycles. The van der Waals surface area contributed by atoms with Crippen LogP contribution in [0.2, 0.25) is 0 Å². The molecule has 1 aromatic carbocycles. The Kier molecular flexibility index (Phi) is 6.23. The van der Waals surface area contributed by atoms with Gasteiger partial charge in [0.25, 0.3) is 5.91 Å². The molecule has 2 aromatic rings. The number of hydrogen-bond donors (Lipinski definition) is 0. The number of benzene rings is 1. The molecule has 0 bridgehead atoms. The number of carbonyl (C=O) groups excluding carboxylic acids is 2. The Labute approximate surface area is 171 Å². The number of thiophene rings is 1. The van der Waals surface area contributed by atoms with Crippen molar-refractivity contribution in [1.82, 2.24) is 4.90 Å². The zero-order valence-electron chi connectivity index (χ0n) is 17.2. The summed E-state index contributed by atoms with van der Waals surface area (Å²) in [6.45, 7) is 8.47. The first-order valence-corrected chi connectivity index (χ1v) is 10.7. The Hall–Kier alpha value is -2.14. The molecule has 1 atom stereocenters. The molecule has 1 aliphatic carbocycles. The first-order chi connectivity index (χ1) is 13.2. The van der Waals surface area contributed by atoms with Crippen LogP contribution in [0.5, 0.6) is 0 Å². The Morgan fingerprint density at radius 3 is 2.61 bits per heavy atom. The number of aryl methyl sites for hydroxylation is 1. The minimum Gasteiger partial charge on any atom is -0.451 e. The van der Waals surface area contributed by atoms with Gasteiger partial charge in [-0.15, -0.1) is 11.3 Å². The van der Waals surface area contributed by atoms with Gasteiger partial charge in [-0.3, -0.25) is 4.79 Å². The van der Waals surface area contributed by atoms with Crippen molar-refractivity contribution in [2.45, 2.75) is 59.0 Å². The molecule has 0 radical (unpaired) electrons. The molecule has 150 valence electrons. The predicted molar refractivity (Wildman–Crippen MR) is 113 cm³/mol. The second-order valence-electron chi connectivity index (χ2n) is 8.62. The molecule has 0 saturated heterocycles. The summed E-state index contributed by atoms with van der Waals surface area (Å²) in [5.74, 6) is 0.0829. The number of rotatable bonds is 5. The minimum absolute atomic E-state index is 0.181. The molecular weight excluding hydrogens is 370 g/mol. The van der Waals surface area contributed by atoms with E-state index in [-0.39, 0.29) is 18.1 Å². The number of nitrogens with zero attached hydrogens (tertiary/aromatic N) is 1. The topological polar surface area (TPSA) is 46.6 Å². The first-order valence-electron chi connectivity index (χ1n) is 9.87. The third-order valence-electron chi connectivity index (χ3n) is 5.15. The molecule has 4 nitrogen and oxygen atoms in total. The molecule has 1 amide bonds. The van der Waals surface area contributed by atoms with Gasteiger partial charge >= 0.3 is 5.97 Å². The maximum atomic E-state index is 12.8. The van der Waals surface area contributed by atoms with Crippen molar-refractivity contribution in [2.75, 3.05) is 6.61 Å². The van der Waals surface area contributed by atoms with Gasteiger partial charge in [-0.2, -0.15) is 0 Å². The summed E-state index contributed by atoms with van der Waals surface area (Å²) in [4.78, 5) is 29.0. The summed E-state index contributed by atoms with van der Waals surface area (Å²) in [5.41, 5.74) is 1.96. The average molecular weight is 400 g/mol. The predicted octanol–water partition coefficient (Wildman–Crippen LogP) is 4.86. The molecule has 3 rings (SSSR count). The Morgan fingerprint density at radius 1 is 1.21 bits per heavy atom. The van der Waals surface area contributed by atoms with Gasteiger partial charge in [0.1, 0.15) is 4.88 Å². The zero-order chi connectivity index (χ0) is 20.3. The number of carbonyl (C=O) groups is 2. The maximum absolute atomic E-state index is 12.8. The molecular formula is C23H29NO3S. The van der Waals surface area contributed by atoms with Crippen molar-refractivity contribution in [2.24, 2.45) is 5.92 Å². The first kappa shape index (κ1) is 20.6. The fraction of sp³-hybridized carbons (Fsp3) is 0.478. The summed E-state index contributed by atoms with van der Waals surface area (Å²) < 4.78 is 5.39. The lowest BCUT2D eigenvalue weighted by atomic mass is 9.90. The lowest BCUT2D eigenvalue weighted by molar-refractivity contribution is -0.140. The van der Waals surface area contributed by atoms with Crippen molar-refractivity contribution < 1.29 is 14.3 Å². The number of esters is 1. The Morgan fingerprint density at radius 2 is 1.93 bits per heavy atom. The van der Waals surface area contributed by atoms with Gasteiger partial charge in [0, 0.05) is 17.0 Å². The van der Waals surface area contributed by atoms with E-state index in [2.05, 4.69) is 6.92 Å². The SMILES string of the molecule is C[C@H]1CCc2sc(C(=O)OCC(=O)N(Cc3ccccc3)C(C)(C)C)cc2C1. The number of ether oxygens (including phenoxy) is 1.